The van der Waals surface area contributed by atoms with Crippen molar-refractivity contribution in [3.63, 3.8) is 0 Å². The second kappa shape index (κ2) is 9.22. The summed E-state index contributed by atoms with van der Waals surface area (Å²) in [5.41, 5.74) is 6.94. The standard InChI is InChI=1S/C19H20N2O5/c1-25-16-9-2-13(3-10-16)4-11-18(23)26-12-17(22)21-15-7-5-14(6-8-15)19(20)24/h2-3,5-10H,4,11-12H2,1H3,(H2,20,24)(H,21,22). The summed E-state index contributed by atoms with van der Waals surface area (Å²) in [4.78, 5) is 34.5. The van der Waals surface area contributed by atoms with Crippen molar-refractivity contribution in [1.29, 1.82) is 0 Å². The number of nitrogens with one attached hydrogen (secondary N) is 1. The zero-order valence-electron chi connectivity index (χ0n) is 14.4. The molecule has 0 bridgehead atoms. The van der Waals surface area contributed by atoms with Crippen LogP contribution in [0.1, 0.15) is 22.3 Å². The summed E-state index contributed by atoms with van der Waals surface area (Å²) < 4.78 is 10.0. The molecule has 3 N–H and O–H groups in total. The Balaban J connectivity index is 1.72. The smallest absolute Gasteiger partial charge is 0.306 e. The van der Waals surface area contributed by atoms with E-state index in [9.17, 15) is 14.4 Å². The van der Waals surface area contributed by atoms with Gasteiger partial charge in [0.25, 0.3) is 5.91 Å². The Hall–Kier alpha value is -3.35. The number of benzene rings is 2. The summed E-state index contributed by atoms with van der Waals surface area (Å²) in [6, 6.07) is 13.5. The quantitative estimate of drug-likeness (QED) is 0.703. The van der Waals surface area contributed by atoms with Gasteiger partial charge in [-0.1, -0.05) is 12.1 Å². The summed E-state index contributed by atoms with van der Waals surface area (Å²) >= 11 is 0. The summed E-state index contributed by atoms with van der Waals surface area (Å²) in [7, 11) is 1.59. The van der Waals surface area contributed by atoms with Gasteiger partial charge in [0.2, 0.25) is 5.91 Å². The number of carbonyl (C=O) groups excluding carboxylic acids is 3. The van der Waals surface area contributed by atoms with Crippen molar-refractivity contribution in [1.82, 2.24) is 0 Å². The lowest BCUT2D eigenvalue weighted by Crippen LogP contribution is -2.21. The Labute approximate surface area is 151 Å². The predicted octanol–water partition coefficient (Wildman–Crippen LogP) is 1.91. The first kappa shape index (κ1) is 19.0. The molecule has 7 heteroatoms. The minimum Gasteiger partial charge on any atom is -0.497 e. The second-order valence-corrected chi connectivity index (χ2v) is 5.50. The van der Waals surface area contributed by atoms with E-state index >= 15 is 0 Å². The first-order valence-corrected chi connectivity index (χ1v) is 7.96. The van der Waals surface area contributed by atoms with Crippen LogP contribution in [-0.2, 0) is 20.7 Å². The lowest BCUT2D eigenvalue weighted by molar-refractivity contribution is -0.147. The van der Waals surface area contributed by atoms with Crippen molar-refractivity contribution in [2.45, 2.75) is 12.8 Å². The van der Waals surface area contributed by atoms with Crippen LogP contribution in [0.15, 0.2) is 48.5 Å². The fourth-order valence-corrected chi connectivity index (χ4v) is 2.17. The Kier molecular flexibility index (Phi) is 6.73. The van der Waals surface area contributed by atoms with E-state index in [1.807, 2.05) is 24.3 Å². The number of nitrogens with two attached hydrogens (primary N) is 1. The van der Waals surface area contributed by atoms with Gasteiger partial charge in [-0.2, -0.15) is 0 Å². The van der Waals surface area contributed by atoms with Crippen LogP contribution in [0.25, 0.3) is 0 Å². The predicted molar refractivity (Wildman–Crippen MR) is 95.9 cm³/mol. The highest BCUT2D eigenvalue weighted by Gasteiger charge is 2.09. The van der Waals surface area contributed by atoms with Crippen molar-refractivity contribution in [3.8, 4) is 5.75 Å². The van der Waals surface area contributed by atoms with Crippen molar-refractivity contribution >= 4 is 23.5 Å². The number of amides is 2. The van der Waals surface area contributed by atoms with Gasteiger partial charge in [-0.3, -0.25) is 14.4 Å². The number of carbonyl (C=O) groups is 3. The van der Waals surface area contributed by atoms with Crippen LogP contribution in [0.4, 0.5) is 5.69 Å². The summed E-state index contributed by atoms with van der Waals surface area (Å²) in [5, 5.41) is 2.57. The van der Waals surface area contributed by atoms with Gasteiger partial charge in [0, 0.05) is 17.7 Å². The van der Waals surface area contributed by atoms with E-state index in [4.69, 9.17) is 15.2 Å². The van der Waals surface area contributed by atoms with E-state index in [1.165, 1.54) is 12.1 Å². The van der Waals surface area contributed by atoms with Crippen LogP contribution < -0.4 is 15.8 Å². The zero-order chi connectivity index (χ0) is 18.9. The van der Waals surface area contributed by atoms with Crippen molar-refractivity contribution in [2.75, 3.05) is 19.0 Å². The molecule has 136 valence electrons. The van der Waals surface area contributed by atoms with Gasteiger partial charge in [-0.15, -0.1) is 0 Å². The van der Waals surface area contributed by atoms with Gasteiger partial charge in [0.15, 0.2) is 6.61 Å². The van der Waals surface area contributed by atoms with E-state index < -0.39 is 17.8 Å². The van der Waals surface area contributed by atoms with Crippen molar-refractivity contribution in [2.24, 2.45) is 5.73 Å². The molecule has 0 radical (unpaired) electrons. The highest BCUT2D eigenvalue weighted by Crippen LogP contribution is 2.13. The molecule has 26 heavy (non-hydrogen) atoms. The van der Waals surface area contributed by atoms with Crippen molar-refractivity contribution < 1.29 is 23.9 Å². The molecule has 0 aliphatic carbocycles. The van der Waals surface area contributed by atoms with Crippen LogP contribution in [0, 0.1) is 0 Å². The van der Waals surface area contributed by atoms with Crippen LogP contribution >= 0.6 is 0 Å². The van der Waals surface area contributed by atoms with Gasteiger partial charge in [0.1, 0.15) is 5.75 Å². The van der Waals surface area contributed by atoms with E-state index in [2.05, 4.69) is 5.32 Å². The Bertz CT molecular complexity index is 770. The average molecular weight is 356 g/mol. The molecule has 0 aliphatic rings. The second-order valence-electron chi connectivity index (χ2n) is 5.50. The molecule has 7 nitrogen and oxygen atoms in total. The van der Waals surface area contributed by atoms with Crippen LogP contribution in [0.3, 0.4) is 0 Å². The van der Waals surface area contributed by atoms with Crippen LogP contribution in [0.5, 0.6) is 5.75 Å². The van der Waals surface area contributed by atoms with Gasteiger partial charge < -0.3 is 20.5 Å². The van der Waals surface area contributed by atoms with Crippen molar-refractivity contribution in [3.05, 3.63) is 59.7 Å². The monoisotopic (exact) mass is 356 g/mol. The molecule has 2 rings (SSSR count). The molecule has 2 amide bonds. The minimum atomic E-state index is -0.548. The average Bonchev–Trinajstić information content (AvgIpc) is 2.65. The number of anilines is 1. The summed E-state index contributed by atoms with van der Waals surface area (Å²) in [6.45, 7) is -0.376. The normalized spacial score (nSPS) is 10.0. The highest BCUT2D eigenvalue weighted by molar-refractivity contribution is 5.95. The molecule has 0 atom stereocenters. The van der Waals surface area contributed by atoms with E-state index in [-0.39, 0.29) is 13.0 Å². The van der Waals surface area contributed by atoms with Gasteiger partial charge in [-0.05, 0) is 48.4 Å². The molecular formula is C19H20N2O5. The Morgan fingerprint density at radius 2 is 1.65 bits per heavy atom. The molecule has 2 aromatic rings. The fraction of sp³-hybridized carbons (Fsp3) is 0.211. The SMILES string of the molecule is COc1ccc(CCC(=O)OCC(=O)Nc2ccc(C(N)=O)cc2)cc1. The summed E-state index contributed by atoms with van der Waals surface area (Å²) in [6.07, 6.45) is 0.686. The number of ether oxygens (including phenoxy) is 2. The largest absolute Gasteiger partial charge is 0.497 e. The summed E-state index contributed by atoms with van der Waals surface area (Å²) in [5.74, 6) is -0.722. The van der Waals surface area contributed by atoms with Crippen LogP contribution in [0.2, 0.25) is 0 Å². The van der Waals surface area contributed by atoms with Gasteiger partial charge in [0.05, 0.1) is 7.11 Å². The van der Waals surface area contributed by atoms with Crippen LogP contribution in [-0.4, -0.2) is 31.5 Å². The van der Waals surface area contributed by atoms with E-state index in [1.54, 1.807) is 19.2 Å². The van der Waals surface area contributed by atoms with Gasteiger partial charge >= 0.3 is 5.97 Å². The molecule has 0 unspecified atom stereocenters. The fourth-order valence-electron chi connectivity index (χ4n) is 2.17. The van der Waals surface area contributed by atoms with Gasteiger partial charge in [-0.25, -0.2) is 0 Å². The minimum absolute atomic E-state index is 0.174. The van der Waals surface area contributed by atoms with E-state index in [0.717, 1.165) is 11.3 Å². The molecule has 0 heterocycles. The third-order valence-corrected chi connectivity index (χ3v) is 3.59. The molecule has 2 aromatic carbocycles. The Morgan fingerprint density at radius 3 is 2.23 bits per heavy atom. The lowest BCUT2D eigenvalue weighted by atomic mass is 10.1. The third kappa shape index (κ3) is 5.94. The molecule has 0 aliphatic heterocycles. The Morgan fingerprint density at radius 1 is 1.00 bits per heavy atom. The number of esters is 1. The highest BCUT2D eigenvalue weighted by atomic mass is 16.5. The first-order valence-electron chi connectivity index (χ1n) is 7.96. The topological polar surface area (TPSA) is 108 Å². The maximum atomic E-state index is 11.8. The number of rotatable bonds is 8. The maximum absolute atomic E-state index is 11.8. The number of methoxy groups -OCH3 is 1. The molecule has 0 saturated carbocycles. The molecule has 0 spiro atoms. The molecule has 0 fully saturated rings. The lowest BCUT2D eigenvalue weighted by Gasteiger charge is -2.07. The van der Waals surface area contributed by atoms with E-state index in [0.29, 0.717) is 17.7 Å². The molecular weight excluding hydrogens is 336 g/mol. The molecule has 0 saturated heterocycles. The number of aryl methyl sites for hydroxylation is 1. The number of hydrogen-bond donors (Lipinski definition) is 2. The first-order chi connectivity index (χ1) is 12.5. The number of hydrogen-bond acceptors (Lipinski definition) is 5. The molecule has 0 aromatic heterocycles. The zero-order valence-corrected chi connectivity index (χ0v) is 14.4. The maximum Gasteiger partial charge on any atom is 0.306 e. The third-order valence-electron chi connectivity index (χ3n) is 3.59. The number of primary amides is 1.